The minimum absolute atomic E-state index is 0.0341. The van der Waals surface area contributed by atoms with Gasteiger partial charge in [0.1, 0.15) is 0 Å². The number of nitrogens with two attached hydrogens (primary N) is 1. The lowest BCUT2D eigenvalue weighted by atomic mass is 9.74. The molecule has 1 saturated heterocycles. The van der Waals surface area contributed by atoms with Gasteiger partial charge in [-0.3, -0.25) is 0 Å². The fourth-order valence-corrected chi connectivity index (χ4v) is 2.29. The van der Waals surface area contributed by atoms with E-state index in [1.807, 2.05) is 0 Å². The maximum absolute atomic E-state index is 5.98. The van der Waals surface area contributed by atoms with Gasteiger partial charge in [-0.25, -0.2) is 0 Å². The highest BCUT2D eigenvalue weighted by Crippen LogP contribution is 2.37. The summed E-state index contributed by atoms with van der Waals surface area (Å²) in [4.78, 5) is 2.48. The molecule has 0 aromatic heterocycles. The Labute approximate surface area is 82.5 Å². The number of hydrogen-bond acceptors (Lipinski definition) is 2. The molecule has 0 aromatic rings. The van der Waals surface area contributed by atoms with Crippen molar-refractivity contribution in [2.45, 2.75) is 46.1 Å². The van der Waals surface area contributed by atoms with Gasteiger partial charge in [0.2, 0.25) is 0 Å². The molecular weight excluding hydrogens is 160 g/mol. The molecule has 0 saturated carbocycles. The standard InChI is InChI=1S/C11H24N2/c1-5-11(6-2)8-13(9-11)7-10(3,4)12/h5-9,12H2,1-4H3. The minimum atomic E-state index is -0.0341. The molecule has 13 heavy (non-hydrogen) atoms. The summed E-state index contributed by atoms with van der Waals surface area (Å²) in [5.74, 6) is 0. The Morgan fingerprint density at radius 1 is 1.23 bits per heavy atom. The first-order valence-electron chi connectivity index (χ1n) is 5.42. The SMILES string of the molecule is CCC1(CC)CN(CC(C)(C)N)C1. The van der Waals surface area contributed by atoms with Crippen LogP contribution in [0.2, 0.25) is 0 Å². The fourth-order valence-electron chi connectivity index (χ4n) is 2.29. The third-order valence-electron chi connectivity index (χ3n) is 3.25. The molecule has 0 unspecified atom stereocenters. The van der Waals surface area contributed by atoms with Crippen molar-refractivity contribution in [1.82, 2.24) is 4.90 Å². The number of nitrogens with zero attached hydrogens (tertiary/aromatic N) is 1. The van der Waals surface area contributed by atoms with Crippen LogP contribution < -0.4 is 5.73 Å². The summed E-state index contributed by atoms with van der Waals surface area (Å²) in [5.41, 5.74) is 6.56. The predicted octanol–water partition coefficient (Wildman–Crippen LogP) is 1.85. The van der Waals surface area contributed by atoms with Crippen molar-refractivity contribution >= 4 is 0 Å². The molecule has 1 fully saturated rings. The topological polar surface area (TPSA) is 29.3 Å². The highest BCUT2D eigenvalue weighted by Gasteiger charge is 2.40. The molecule has 0 aromatic carbocycles. The molecule has 2 nitrogen and oxygen atoms in total. The zero-order valence-corrected chi connectivity index (χ0v) is 9.56. The van der Waals surface area contributed by atoms with E-state index in [4.69, 9.17) is 5.73 Å². The van der Waals surface area contributed by atoms with Crippen molar-refractivity contribution in [3.05, 3.63) is 0 Å². The van der Waals surface area contributed by atoms with E-state index in [0.29, 0.717) is 5.41 Å². The van der Waals surface area contributed by atoms with Gasteiger partial charge in [0.25, 0.3) is 0 Å². The first-order valence-corrected chi connectivity index (χ1v) is 5.42. The van der Waals surface area contributed by atoms with Crippen molar-refractivity contribution in [3.63, 3.8) is 0 Å². The molecule has 0 spiro atoms. The highest BCUT2D eigenvalue weighted by atomic mass is 15.2. The van der Waals surface area contributed by atoms with E-state index in [1.165, 1.54) is 25.9 Å². The maximum atomic E-state index is 5.98. The van der Waals surface area contributed by atoms with Gasteiger partial charge in [-0.2, -0.15) is 0 Å². The Kier molecular flexibility index (Phi) is 3.03. The van der Waals surface area contributed by atoms with Crippen molar-refractivity contribution < 1.29 is 0 Å². The lowest BCUT2D eigenvalue weighted by Crippen LogP contribution is -2.60. The van der Waals surface area contributed by atoms with E-state index in [9.17, 15) is 0 Å². The Morgan fingerprint density at radius 3 is 2.00 bits per heavy atom. The maximum Gasteiger partial charge on any atom is 0.0226 e. The van der Waals surface area contributed by atoms with Crippen molar-refractivity contribution in [2.75, 3.05) is 19.6 Å². The molecule has 0 amide bonds. The van der Waals surface area contributed by atoms with E-state index in [0.717, 1.165) is 6.54 Å². The van der Waals surface area contributed by atoms with Crippen LogP contribution in [0.15, 0.2) is 0 Å². The molecule has 1 rings (SSSR count). The van der Waals surface area contributed by atoms with Crippen LogP contribution in [0.3, 0.4) is 0 Å². The summed E-state index contributed by atoms with van der Waals surface area (Å²) < 4.78 is 0. The molecule has 0 aliphatic carbocycles. The van der Waals surface area contributed by atoms with Gasteiger partial charge in [-0.15, -0.1) is 0 Å². The molecule has 1 heterocycles. The first-order chi connectivity index (χ1) is 5.91. The largest absolute Gasteiger partial charge is 0.324 e. The lowest BCUT2D eigenvalue weighted by Gasteiger charge is -2.51. The molecule has 1 aliphatic rings. The second-order valence-electron chi connectivity index (χ2n) is 5.34. The fraction of sp³-hybridized carbons (Fsp3) is 1.00. The third kappa shape index (κ3) is 2.68. The van der Waals surface area contributed by atoms with Gasteiger partial charge in [-0.1, -0.05) is 13.8 Å². The lowest BCUT2D eigenvalue weighted by molar-refractivity contribution is -0.0164. The second-order valence-corrected chi connectivity index (χ2v) is 5.34. The van der Waals surface area contributed by atoms with E-state index >= 15 is 0 Å². The first kappa shape index (κ1) is 11.0. The predicted molar refractivity (Wildman–Crippen MR) is 57.7 cm³/mol. The molecule has 2 N–H and O–H groups in total. The van der Waals surface area contributed by atoms with Gasteiger partial charge < -0.3 is 10.6 Å². The van der Waals surface area contributed by atoms with Gasteiger partial charge >= 0.3 is 0 Å². The molecular formula is C11H24N2. The second kappa shape index (κ2) is 3.58. The quantitative estimate of drug-likeness (QED) is 0.722. The summed E-state index contributed by atoms with van der Waals surface area (Å²) in [5, 5.41) is 0. The van der Waals surface area contributed by atoms with Gasteiger partial charge in [-0.05, 0) is 32.1 Å². The molecule has 2 heteroatoms. The summed E-state index contributed by atoms with van der Waals surface area (Å²) in [7, 11) is 0. The minimum Gasteiger partial charge on any atom is -0.324 e. The Bertz CT molecular complexity index is 157. The molecule has 0 bridgehead atoms. The van der Waals surface area contributed by atoms with Crippen LogP contribution in [0.4, 0.5) is 0 Å². The number of rotatable bonds is 4. The van der Waals surface area contributed by atoms with Crippen molar-refractivity contribution in [3.8, 4) is 0 Å². The van der Waals surface area contributed by atoms with Gasteiger partial charge in [0.05, 0.1) is 0 Å². The summed E-state index contributed by atoms with van der Waals surface area (Å²) in [6.07, 6.45) is 2.62. The van der Waals surface area contributed by atoms with E-state index in [-0.39, 0.29) is 5.54 Å². The molecule has 1 aliphatic heterocycles. The normalized spacial score (nSPS) is 22.8. The average molecular weight is 184 g/mol. The van der Waals surface area contributed by atoms with E-state index < -0.39 is 0 Å². The zero-order valence-electron chi connectivity index (χ0n) is 9.56. The Hall–Kier alpha value is -0.0800. The van der Waals surface area contributed by atoms with Crippen LogP contribution in [-0.4, -0.2) is 30.1 Å². The zero-order chi connectivity index (χ0) is 10.1. The molecule has 78 valence electrons. The van der Waals surface area contributed by atoms with Crippen LogP contribution in [0.5, 0.6) is 0 Å². The smallest absolute Gasteiger partial charge is 0.0226 e. The average Bonchev–Trinajstić information content (AvgIpc) is 1.94. The van der Waals surface area contributed by atoms with Crippen LogP contribution >= 0.6 is 0 Å². The van der Waals surface area contributed by atoms with Crippen molar-refractivity contribution in [1.29, 1.82) is 0 Å². The molecule has 0 radical (unpaired) electrons. The number of hydrogen-bond donors (Lipinski definition) is 1. The highest BCUT2D eigenvalue weighted by molar-refractivity contribution is 4.95. The van der Waals surface area contributed by atoms with Crippen LogP contribution in [0, 0.1) is 5.41 Å². The summed E-state index contributed by atoms with van der Waals surface area (Å²) in [6.45, 7) is 12.3. The van der Waals surface area contributed by atoms with Crippen LogP contribution in [0.25, 0.3) is 0 Å². The van der Waals surface area contributed by atoms with Gasteiger partial charge in [0.15, 0.2) is 0 Å². The van der Waals surface area contributed by atoms with Crippen LogP contribution in [0.1, 0.15) is 40.5 Å². The number of likely N-dealkylation sites (tertiary alicyclic amines) is 1. The molecule has 0 atom stereocenters. The Morgan fingerprint density at radius 2 is 1.69 bits per heavy atom. The Balaban J connectivity index is 2.32. The van der Waals surface area contributed by atoms with E-state index in [1.54, 1.807) is 0 Å². The monoisotopic (exact) mass is 184 g/mol. The van der Waals surface area contributed by atoms with E-state index in [2.05, 4.69) is 32.6 Å². The van der Waals surface area contributed by atoms with Crippen LogP contribution in [-0.2, 0) is 0 Å². The summed E-state index contributed by atoms with van der Waals surface area (Å²) >= 11 is 0. The summed E-state index contributed by atoms with van der Waals surface area (Å²) in [6, 6.07) is 0. The third-order valence-corrected chi connectivity index (χ3v) is 3.25. The van der Waals surface area contributed by atoms with Crippen molar-refractivity contribution in [2.24, 2.45) is 11.1 Å². The van der Waals surface area contributed by atoms with Gasteiger partial charge in [0, 0.05) is 25.2 Å².